The fourth-order valence-electron chi connectivity index (χ4n) is 3.36. The first kappa shape index (κ1) is 14.6. The summed E-state index contributed by atoms with van der Waals surface area (Å²) in [5.74, 6) is 0.815. The number of carbonyl (C=O) groups excluding carboxylic acids is 1. The molecule has 114 valence electrons. The highest BCUT2D eigenvalue weighted by Gasteiger charge is 2.30. The molecule has 0 bridgehead atoms. The number of likely N-dealkylation sites (tertiary alicyclic amines) is 1. The van der Waals surface area contributed by atoms with Gasteiger partial charge in [0.25, 0.3) is 0 Å². The van der Waals surface area contributed by atoms with Crippen molar-refractivity contribution >= 4 is 5.91 Å². The van der Waals surface area contributed by atoms with Gasteiger partial charge in [0.15, 0.2) is 0 Å². The Labute approximate surface area is 127 Å². The number of piperidine rings is 1. The maximum absolute atomic E-state index is 12.5. The van der Waals surface area contributed by atoms with Crippen LogP contribution in [0.4, 0.5) is 0 Å². The fraction of sp³-hybridized carbons (Fsp3) is 0.611. The van der Waals surface area contributed by atoms with Crippen LogP contribution in [0.2, 0.25) is 0 Å². The summed E-state index contributed by atoms with van der Waals surface area (Å²) in [5, 5.41) is 0. The lowest BCUT2D eigenvalue weighted by Crippen LogP contribution is -2.44. The van der Waals surface area contributed by atoms with Gasteiger partial charge in [0.05, 0.1) is 6.54 Å². The van der Waals surface area contributed by atoms with Gasteiger partial charge >= 0.3 is 0 Å². The van der Waals surface area contributed by atoms with E-state index in [0.29, 0.717) is 24.4 Å². The van der Waals surface area contributed by atoms with Crippen LogP contribution in [0.15, 0.2) is 24.3 Å². The molecule has 0 aromatic heterocycles. The molecule has 1 saturated carbocycles. The lowest BCUT2D eigenvalue weighted by Gasteiger charge is -2.34. The first-order chi connectivity index (χ1) is 10.1. The second kappa shape index (κ2) is 6.18. The van der Waals surface area contributed by atoms with Crippen molar-refractivity contribution in [3.05, 3.63) is 35.4 Å². The topological polar surface area (TPSA) is 23.6 Å². The Kier molecular flexibility index (Phi) is 4.29. The zero-order chi connectivity index (χ0) is 14.8. The van der Waals surface area contributed by atoms with E-state index in [4.69, 9.17) is 0 Å². The largest absolute Gasteiger partial charge is 0.341 e. The molecule has 1 aromatic rings. The molecular formula is C18H26N2O. The van der Waals surface area contributed by atoms with Crippen molar-refractivity contribution in [3.8, 4) is 0 Å². The van der Waals surface area contributed by atoms with E-state index in [9.17, 15) is 4.79 Å². The van der Waals surface area contributed by atoms with Crippen molar-refractivity contribution in [1.29, 1.82) is 0 Å². The Morgan fingerprint density at radius 2 is 2.14 bits per heavy atom. The minimum atomic E-state index is 0.307. The summed E-state index contributed by atoms with van der Waals surface area (Å²) in [6.45, 7) is 4.55. The highest BCUT2D eigenvalue weighted by molar-refractivity contribution is 5.78. The van der Waals surface area contributed by atoms with Crippen LogP contribution in [0.3, 0.4) is 0 Å². The van der Waals surface area contributed by atoms with Gasteiger partial charge in [0.1, 0.15) is 0 Å². The first-order valence-electron chi connectivity index (χ1n) is 8.18. The van der Waals surface area contributed by atoms with E-state index in [1.54, 1.807) is 0 Å². The third-order valence-electron chi connectivity index (χ3n) is 4.84. The van der Waals surface area contributed by atoms with Crippen LogP contribution in [0.25, 0.3) is 0 Å². The molecule has 1 unspecified atom stereocenters. The van der Waals surface area contributed by atoms with E-state index < -0.39 is 0 Å². The zero-order valence-electron chi connectivity index (χ0n) is 13.2. The summed E-state index contributed by atoms with van der Waals surface area (Å²) in [6, 6.07) is 9.41. The van der Waals surface area contributed by atoms with Crippen LogP contribution in [0, 0.1) is 6.92 Å². The lowest BCUT2D eigenvalue weighted by atomic mass is 9.90. The SMILES string of the molecule is Cc1cccc(C2CCCN(C(=O)CN(C)C3CC3)C2)c1. The molecule has 2 aliphatic rings. The third-order valence-corrected chi connectivity index (χ3v) is 4.84. The van der Waals surface area contributed by atoms with Crippen molar-refractivity contribution < 1.29 is 4.79 Å². The van der Waals surface area contributed by atoms with Crippen molar-refractivity contribution in [3.63, 3.8) is 0 Å². The summed E-state index contributed by atoms with van der Waals surface area (Å²) >= 11 is 0. The Morgan fingerprint density at radius 1 is 1.33 bits per heavy atom. The third kappa shape index (κ3) is 3.65. The van der Waals surface area contributed by atoms with E-state index in [-0.39, 0.29) is 0 Å². The molecule has 0 radical (unpaired) electrons. The predicted octanol–water partition coefficient (Wildman–Crippen LogP) is 2.80. The van der Waals surface area contributed by atoms with Crippen LogP contribution >= 0.6 is 0 Å². The summed E-state index contributed by atoms with van der Waals surface area (Å²) in [7, 11) is 2.08. The molecule has 1 amide bonds. The normalized spacial score (nSPS) is 22.6. The second-order valence-electron chi connectivity index (χ2n) is 6.74. The van der Waals surface area contributed by atoms with Crippen LogP contribution < -0.4 is 0 Å². The number of likely N-dealkylation sites (N-methyl/N-ethyl adjacent to an activating group) is 1. The van der Waals surface area contributed by atoms with Gasteiger partial charge in [-0.1, -0.05) is 29.8 Å². The Balaban J connectivity index is 1.61. The Bertz CT molecular complexity index is 510. The molecule has 0 spiro atoms. The molecule has 21 heavy (non-hydrogen) atoms. The van der Waals surface area contributed by atoms with Crippen LogP contribution in [-0.4, -0.2) is 48.4 Å². The fourth-order valence-corrected chi connectivity index (χ4v) is 3.36. The molecular weight excluding hydrogens is 260 g/mol. The highest BCUT2D eigenvalue weighted by atomic mass is 16.2. The molecule has 1 aromatic carbocycles. The molecule has 1 heterocycles. The van der Waals surface area contributed by atoms with E-state index in [2.05, 4.69) is 48.0 Å². The number of carbonyl (C=O) groups is 1. The molecule has 3 heteroatoms. The smallest absolute Gasteiger partial charge is 0.236 e. The van der Waals surface area contributed by atoms with Gasteiger partial charge in [-0.15, -0.1) is 0 Å². The summed E-state index contributed by atoms with van der Waals surface area (Å²) in [4.78, 5) is 16.8. The van der Waals surface area contributed by atoms with E-state index >= 15 is 0 Å². The standard InChI is InChI=1S/C18H26N2O/c1-14-5-3-6-15(11-14)16-7-4-10-20(12-16)18(21)13-19(2)17-8-9-17/h3,5-6,11,16-17H,4,7-10,12-13H2,1-2H3. The number of hydrogen-bond donors (Lipinski definition) is 0. The number of hydrogen-bond acceptors (Lipinski definition) is 2. The van der Waals surface area contributed by atoms with E-state index in [0.717, 1.165) is 19.5 Å². The van der Waals surface area contributed by atoms with Gasteiger partial charge < -0.3 is 4.90 Å². The van der Waals surface area contributed by atoms with Gasteiger partial charge in [0, 0.05) is 25.0 Å². The van der Waals surface area contributed by atoms with Crippen LogP contribution in [0.1, 0.15) is 42.7 Å². The van der Waals surface area contributed by atoms with Gasteiger partial charge in [-0.3, -0.25) is 9.69 Å². The van der Waals surface area contributed by atoms with Crippen LogP contribution in [0.5, 0.6) is 0 Å². The molecule has 1 aliphatic carbocycles. The summed E-state index contributed by atoms with van der Waals surface area (Å²) < 4.78 is 0. The molecule has 1 saturated heterocycles. The maximum Gasteiger partial charge on any atom is 0.236 e. The number of aryl methyl sites for hydroxylation is 1. The van der Waals surface area contributed by atoms with Crippen molar-refractivity contribution in [1.82, 2.24) is 9.80 Å². The number of nitrogens with zero attached hydrogens (tertiary/aromatic N) is 2. The number of rotatable bonds is 4. The molecule has 0 N–H and O–H groups in total. The molecule has 2 fully saturated rings. The van der Waals surface area contributed by atoms with Crippen molar-refractivity contribution in [2.45, 2.75) is 44.6 Å². The zero-order valence-corrected chi connectivity index (χ0v) is 13.2. The van der Waals surface area contributed by atoms with Crippen LogP contribution in [-0.2, 0) is 4.79 Å². The van der Waals surface area contributed by atoms with Crippen molar-refractivity contribution in [2.24, 2.45) is 0 Å². The van der Waals surface area contributed by atoms with Gasteiger partial charge in [-0.25, -0.2) is 0 Å². The average molecular weight is 286 g/mol. The highest BCUT2D eigenvalue weighted by Crippen LogP contribution is 2.28. The molecule has 1 atom stereocenters. The molecule has 3 rings (SSSR count). The van der Waals surface area contributed by atoms with E-state index in [1.165, 1.54) is 30.4 Å². The minimum Gasteiger partial charge on any atom is -0.341 e. The number of benzene rings is 1. The van der Waals surface area contributed by atoms with Crippen molar-refractivity contribution in [2.75, 3.05) is 26.7 Å². The van der Waals surface area contributed by atoms with Gasteiger partial charge in [0.2, 0.25) is 5.91 Å². The molecule has 3 nitrogen and oxygen atoms in total. The van der Waals surface area contributed by atoms with Gasteiger partial charge in [-0.2, -0.15) is 0 Å². The second-order valence-corrected chi connectivity index (χ2v) is 6.74. The Morgan fingerprint density at radius 3 is 2.86 bits per heavy atom. The summed E-state index contributed by atoms with van der Waals surface area (Å²) in [6.07, 6.45) is 4.84. The van der Waals surface area contributed by atoms with Gasteiger partial charge in [-0.05, 0) is 45.2 Å². The first-order valence-corrected chi connectivity index (χ1v) is 8.18. The monoisotopic (exact) mass is 286 g/mol. The lowest BCUT2D eigenvalue weighted by molar-refractivity contribution is -0.133. The average Bonchev–Trinajstić information content (AvgIpc) is 3.32. The van der Waals surface area contributed by atoms with E-state index in [1.807, 2.05) is 0 Å². The summed E-state index contributed by atoms with van der Waals surface area (Å²) in [5.41, 5.74) is 2.70. The quantitative estimate of drug-likeness (QED) is 0.850. The minimum absolute atomic E-state index is 0.307. The number of amides is 1. The maximum atomic E-state index is 12.5. The Hall–Kier alpha value is -1.35. The predicted molar refractivity (Wildman–Crippen MR) is 85.4 cm³/mol. The molecule has 1 aliphatic heterocycles.